The van der Waals surface area contributed by atoms with E-state index in [1.165, 1.54) is 18.4 Å². The van der Waals surface area contributed by atoms with Crippen molar-refractivity contribution in [1.29, 1.82) is 0 Å². The second-order valence-electron chi connectivity index (χ2n) is 9.67. The number of benzene rings is 1. The first-order valence-corrected chi connectivity index (χ1v) is 12.5. The van der Waals surface area contributed by atoms with Crippen LogP contribution in [-0.4, -0.2) is 45.9 Å². The molecule has 0 saturated carbocycles. The first kappa shape index (κ1) is 22.6. The number of nitrogens with zero attached hydrogens (tertiary/aromatic N) is 3. The summed E-state index contributed by atoms with van der Waals surface area (Å²) in [7, 11) is 0. The van der Waals surface area contributed by atoms with Crippen LogP contribution in [0, 0.1) is 11.8 Å². The highest BCUT2D eigenvalue weighted by Gasteiger charge is 2.25. The molecule has 6 rings (SSSR count). The molecule has 5 heterocycles. The van der Waals surface area contributed by atoms with Gasteiger partial charge in [-0.15, -0.1) is 0 Å². The smallest absolute Gasteiger partial charge is 0.351 e. The van der Waals surface area contributed by atoms with Crippen molar-refractivity contribution in [2.24, 2.45) is 0 Å². The fourth-order valence-electron chi connectivity index (χ4n) is 4.95. The van der Waals surface area contributed by atoms with Crippen LogP contribution in [0.5, 0.6) is 17.5 Å². The number of fused-ring (bicyclic) bond motifs is 4. The molecule has 2 unspecified atom stereocenters. The van der Waals surface area contributed by atoms with Gasteiger partial charge in [-0.2, -0.15) is 4.98 Å². The molecule has 3 aliphatic rings. The quantitative estimate of drug-likeness (QED) is 0.572. The van der Waals surface area contributed by atoms with Gasteiger partial charge in [0.1, 0.15) is 13.2 Å². The minimum Gasteiger partial charge on any atom is -0.478 e. The average Bonchev–Trinajstić information content (AvgIpc) is 2.91. The van der Waals surface area contributed by atoms with Crippen LogP contribution >= 0.6 is 0 Å². The van der Waals surface area contributed by atoms with Gasteiger partial charge in [-0.05, 0) is 69.0 Å². The fraction of sp³-hybridized carbons (Fsp3) is 0.393. The zero-order chi connectivity index (χ0) is 24.5. The van der Waals surface area contributed by atoms with Gasteiger partial charge >= 0.3 is 5.69 Å². The van der Waals surface area contributed by atoms with E-state index in [0.29, 0.717) is 24.8 Å². The Hall–Kier alpha value is -3.83. The van der Waals surface area contributed by atoms with Crippen LogP contribution < -0.4 is 25.2 Å². The number of hydrogen-bond acceptors (Lipinski definition) is 7. The zero-order valence-electron chi connectivity index (χ0n) is 20.3. The zero-order valence-corrected chi connectivity index (χ0v) is 20.3. The number of piperidine rings is 1. The lowest BCUT2D eigenvalue weighted by Crippen LogP contribution is -2.44. The van der Waals surface area contributed by atoms with Gasteiger partial charge in [0.15, 0.2) is 11.9 Å². The first-order valence-electron chi connectivity index (χ1n) is 12.5. The summed E-state index contributed by atoms with van der Waals surface area (Å²) in [5, 5.41) is 3.54. The normalized spacial score (nSPS) is 22.0. The van der Waals surface area contributed by atoms with E-state index in [9.17, 15) is 4.79 Å². The maximum absolute atomic E-state index is 12.8. The second-order valence-corrected chi connectivity index (χ2v) is 9.67. The van der Waals surface area contributed by atoms with Crippen LogP contribution in [0.4, 0.5) is 0 Å². The highest BCUT2D eigenvalue weighted by atomic mass is 16.6. The summed E-state index contributed by atoms with van der Waals surface area (Å²) >= 11 is 0. The monoisotopic (exact) mass is 484 g/mol. The molecule has 184 valence electrons. The molecule has 1 N–H and O–H groups in total. The lowest BCUT2D eigenvalue weighted by atomic mass is 9.91. The number of aromatic nitrogens is 3. The standard InChI is InChI=1S/C28H28N4O4/c1-28(10-2-3-13-30-28)11-8-19-6-7-22-20(15-19)9-14-32-23(22)16-25(31-27(32)33)34-17-21-18-35-26-24(36-21)5-4-12-29-26/h4-7,12,15-16,21,30H,2-3,9-10,13-14,17-18H2,1H3. The summed E-state index contributed by atoms with van der Waals surface area (Å²) in [6, 6.07) is 11.6. The fourth-order valence-corrected chi connectivity index (χ4v) is 4.95. The van der Waals surface area contributed by atoms with E-state index in [2.05, 4.69) is 40.1 Å². The molecule has 1 aromatic carbocycles. The van der Waals surface area contributed by atoms with Crippen LogP contribution in [0.1, 0.15) is 37.3 Å². The number of pyridine rings is 1. The molecule has 3 aliphatic heterocycles. The Labute approximate surface area is 209 Å². The van der Waals surface area contributed by atoms with Crippen molar-refractivity contribution >= 4 is 0 Å². The molecule has 0 aliphatic carbocycles. The maximum Gasteiger partial charge on any atom is 0.351 e. The molecule has 36 heavy (non-hydrogen) atoms. The van der Waals surface area contributed by atoms with Gasteiger partial charge < -0.3 is 19.5 Å². The van der Waals surface area contributed by atoms with Gasteiger partial charge in [0.2, 0.25) is 5.88 Å². The van der Waals surface area contributed by atoms with Crippen molar-refractivity contribution in [1.82, 2.24) is 19.9 Å². The molecule has 1 saturated heterocycles. The van der Waals surface area contributed by atoms with Crippen molar-refractivity contribution in [2.45, 2.75) is 50.8 Å². The topological polar surface area (TPSA) is 87.5 Å². The Morgan fingerprint density at radius 3 is 3.11 bits per heavy atom. The van der Waals surface area contributed by atoms with E-state index in [-0.39, 0.29) is 29.8 Å². The SMILES string of the molecule is CC1(C#Cc2ccc3c(c2)CCn2c-3cc(OCC3COc4ncccc4O3)nc2=O)CCCCN1. The van der Waals surface area contributed by atoms with Crippen molar-refractivity contribution < 1.29 is 14.2 Å². The van der Waals surface area contributed by atoms with Gasteiger partial charge in [-0.25, -0.2) is 9.78 Å². The number of nitrogens with one attached hydrogen (secondary N) is 1. The van der Waals surface area contributed by atoms with Crippen LogP contribution in [0.25, 0.3) is 11.3 Å². The molecular weight excluding hydrogens is 456 g/mol. The molecule has 0 bridgehead atoms. The summed E-state index contributed by atoms with van der Waals surface area (Å²) in [4.78, 5) is 21.1. The minimum atomic E-state index is -0.323. The lowest BCUT2D eigenvalue weighted by Gasteiger charge is -2.29. The summed E-state index contributed by atoms with van der Waals surface area (Å²) in [5.74, 6) is 8.14. The van der Waals surface area contributed by atoms with Crippen LogP contribution in [0.3, 0.4) is 0 Å². The van der Waals surface area contributed by atoms with Crippen LogP contribution in [-0.2, 0) is 13.0 Å². The van der Waals surface area contributed by atoms with Crippen LogP contribution in [0.2, 0.25) is 0 Å². The summed E-state index contributed by atoms with van der Waals surface area (Å²) in [6.45, 7) is 4.29. The molecule has 8 heteroatoms. The Kier molecular flexibility index (Phi) is 5.86. The van der Waals surface area contributed by atoms with Crippen molar-refractivity contribution in [2.75, 3.05) is 19.8 Å². The van der Waals surface area contributed by atoms with E-state index < -0.39 is 0 Å². The van der Waals surface area contributed by atoms with E-state index in [0.717, 1.165) is 36.2 Å². The third-order valence-electron chi connectivity index (χ3n) is 6.93. The second kappa shape index (κ2) is 9.32. The number of rotatable bonds is 3. The molecular formula is C28H28N4O4. The molecule has 2 aromatic heterocycles. The van der Waals surface area contributed by atoms with E-state index >= 15 is 0 Å². The predicted octanol–water partition coefficient (Wildman–Crippen LogP) is 2.96. The van der Waals surface area contributed by atoms with Crippen molar-refractivity contribution in [3.05, 3.63) is 64.2 Å². The molecule has 0 radical (unpaired) electrons. The Morgan fingerprint density at radius 1 is 1.28 bits per heavy atom. The van der Waals surface area contributed by atoms with Gasteiger partial charge in [0.05, 0.1) is 11.2 Å². The third kappa shape index (κ3) is 4.54. The highest BCUT2D eigenvalue weighted by Crippen LogP contribution is 2.31. The Balaban J connectivity index is 1.20. The Bertz CT molecular complexity index is 1420. The molecule has 3 aromatic rings. The number of ether oxygens (including phenoxy) is 3. The highest BCUT2D eigenvalue weighted by molar-refractivity contribution is 5.68. The van der Waals surface area contributed by atoms with Crippen molar-refractivity contribution in [3.8, 4) is 40.6 Å². The molecule has 0 spiro atoms. The minimum absolute atomic E-state index is 0.127. The summed E-state index contributed by atoms with van der Waals surface area (Å²) in [5.41, 5.74) is 3.54. The first-order chi connectivity index (χ1) is 17.6. The summed E-state index contributed by atoms with van der Waals surface area (Å²) < 4.78 is 19.1. The van der Waals surface area contributed by atoms with Gasteiger partial charge in [-0.3, -0.25) is 4.57 Å². The van der Waals surface area contributed by atoms with Gasteiger partial charge in [0.25, 0.3) is 5.88 Å². The largest absolute Gasteiger partial charge is 0.478 e. The number of hydrogen-bond donors (Lipinski definition) is 1. The van der Waals surface area contributed by atoms with E-state index in [1.807, 2.05) is 18.2 Å². The third-order valence-corrected chi connectivity index (χ3v) is 6.93. The average molecular weight is 485 g/mol. The van der Waals surface area contributed by atoms with Gasteiger partial charge in [0, 0.05) is 29.9 Å². The Morgan fingerprint density at radius 2 is 2.22 bits per heavy atom. The molecule has 0 amide bonds. The molecule has 1 fully saturated rings. The van der Waals surface area contributed by atoms with Crippen LogP contribution in [0.15, 0.2) is 47.4 Å². The van der Waals surface area contributed by atoms with Crippen molar-refractivity contribution in [3.63, 3.8) is 0 Å². The molecule has 2 atom stereocenters. The predicted molar refractivity (Wildman–Crippen MR) is 134 cm³/mol. The van der Waals surface area contributed by atoms with Gasteiger partial charge in [-0.1, -0.05) is 17.9 Å². The van der Waals surface area contributed by atoms with E-state index in [1.54, 1.807) is 22.9 Å². The maximum atomic E-state index is 12.8. The molecule has 8 nitrogen and oxygen atoms in total. The lowest BCUT2D eigenvalue weighted by molar-refractivity contribution is 0.0486. The number of aryl methyl sites for hydroxylation is 1. The van der Waals surface area contributed by atoms with E-state index in [4.69, 9.17) is 14.2 Å². The summed E-state index contributed by atoms with van der Waals surface area (Å²) in [6.07, 6.45) is 5.58.